The fourth-order valence-electron chi connectivity index (χ4n) is 2.94. The zero-order valence-corrected chi connectivity index (χ0v) is 10.8. The molecule has 2 fully saturated rings. The van der Waals surface area contributed by atoms with Gasteiger partial charge in [-0.05, 0) is 12.5 Å². The summed E-state index contributed by atoms with van der Waals surface area (Å²) in [5, 5.41) is 13.1. The summed E-state index contributed by atoms with van der Waals surface area (Å²) in [7, 11) is 0. The third kappa shape index (κ3) is 1.59. The number of carbonyl (C=O) groups is 1. The maximum absolute atomic E-state index is 11.1. The summed E-state index contributed by atoms with van der Waals surface area (Å²) in [6, 6.07) is 1.88. The maximum atomic E-state index is 11.1. The van der Waals surface area contributed by atoms with Crippen molar-refractivity contribution in [2.45, 2.75) is 6.42 Å². The highest BCUT2D eigenvalue weighted by Gasteiger charge is 2.44. The molecule has 2 aliphatic heterocycles. The van der Waals surface area contributed by atoms with Crippen LogP contribution in [0.3, 0.4) is 0 Å². The number of nitrogens with zero attached hydrogens (tertiary/aromatic N) is 4. The smallest absolute Gasteiger partial charge is 0.341 e. The second kappa shape index (κ2) is 3.92. The van der Waals surface area contributed by atoms with Crippen molar-refractivity contribution >= 4 is 17.4 Å². The summed E-state index contributed by atoms with van der Waals surface area (Å²) < 4.78 is 6.81. The van der Waals surface area contributed by atoms with E-state index in [-0.39, 0.29) is 11.0 Å². The van der Waals surface area contributed by atoms with Gasteiger partial charge in [0.1, 0.15) is 11.4 Å². The summed E-state index contributed by atoms with van der Waals surface area (Å²) in [4.78, 5) is 17.8. The van der Waals surface area contributed by atoms with Gasteiger partial charge in [-0.2, -0.15) is 5.10 Å². The number of carboxylic acid groups (broad SMARTS) is 1. The van der Waals surface area contributed by atoms with Crippen LogP contribution in [0.2, 0.25) is 0 Å². The number of rotatable bonds is 2. The van der Waals surface area contributed by atoms with Crippen molar-refractivity contribution in [3.8, 4) is 0 Å². The molecule has 0 atom stereocenters. The molecule has 4 heterocycles. The number of ether oxygens (including phenoxy) is 1. The maximum Gasteiger partial charge on any atom is 0.341 e. The van der Waals surface area contributed by atoms with Crippen molar-refractivity contribution in [3.63, 3.8) is 0 Å². The Hall–Kier alpha value is -2.15. The molecule has 4 rings (SSSR count). The lowest BCUT2D eigenvalue weighted by Crippen LogP contribution is -2.44. The van der Waals surface area contributed by atoms with Crippen LogP contribution in [0.1, 0.15) is 16.8 Å². The summed E-state index contributed by atoms with van der Waals surface area (Å²) >= 11 is 0. The molecule has 7 heteroatoms. The summed E-state index contributed by atoms with van der Waals surface area (Å²) in [5.41, 5.74) is 0.803. The van der Waals surface area contributed by atoms with Gasteiger partial charge >= 0.3 is 5.97 Å². The fraction of sp³-hybridized carbons (Fsp3) is 0.462. The minimum atomic E-state index is -1.00. The number of hydrogen-bond donors (Lipinski definition) is 1. The molecular formula is C13H14N4O3. The molecule has 0 saturated carbocycles. The number of fused-ring (bicyclic) bond motifs is 1. The second-order valence-electron chi connectivity index (χ2n) is 5.58. The van der Waals surface area contributed by atoms with E-state index < -0.39 is 5.97 Å². The predicted molar refractivity (Wildman–Crippen MR) is 70.0 cm³/mol. The molecule has 0 radical (unpaired) electrons. The van der Waals surface area contributed by atoms with Gasteiger partial charge in [0.2, 0.25) is 0 Å². The number of carboxylic acids is 1. The van der Waals surface area contributed by atoms with E-state index in [1.165, 1.54) is 10.7 Å². The van der Waals surface area contributed by atoms with E-state index in [0.29, 0.717) is 5.65 Å². The van der Waals surface area contributed by atoms with Gasteiger partial charge in [0.15, 0.2) is 5.65 Å². The highest BCUT2D eigenvalue weighted by Crippen LogP contribution is 2.38. The SMILES string of the molecule is O=C(O)c1cnn2ccc(N3CCC4(COC4)C3)nc12. The summed E-state index contributed by atoms with van der Waals surface area (Å²) in [6.45, 7) is 3.49. The molecule has 2 aliphatic rings. The largest absolute Gasteiger partial charge is 0.477 e. The van der Waals surface area contributed by atoms with Crippen molar-refractivity contribution in [1.29, 1.82) is 0 Å². The first-order valence-corrected chi connectivity index (χ1v) is 6.57. The van der Waals surface area contributed by atoms with Gasteiger partial charge in [0.05, 0.1) is 19.4 Å². The summed E-state index contributed by atoms with van der Waals surface area (Å²) in [5.74, 6) is -0.195. The van der Waals surface area contributed by atoms with E-state index >= 15 is 0 Å². The first kappa shape index (κ1) is 11.7. The Morgan fingerprint density at radius 1 is 1.45 bits per heavy atom. The van der Waals surface area contributed by atoms with Gasteiger partial charge in [0.25, 0.3) is 0 Å². The van der Waals surface area contributed by atoms with Crippen molar-refractivity contribution in [1.82, 2.24) is 14.6 Å². The standard InChI is InChI=1S/C13H14N4O3/c18-12(19)9-5-14-17-3-1-10(15-11(9)17)16-4-2-13(6-16)7-20-8-13/h1,3,5H,2,4,6-8H2,(H,18,19). The van der Waals surface area contributed by atoms with Gasteiger partial charge in [-0.15, -0.1) is 0 Å². The predicted octanol–water partition coefficient (Wildman–Crippen LogP) is 0.654. The highest BCUT2D eigenvalue weighted by atomic mass is 16.5. The number of hydrogen-bond acceptors (Lipinski definition) is 5. The Bertz CT molecular complexity index is 692. The molecule has 0 unspecified atom stereocenters. The molecule has 2 aromatic rings. The van der Waals surface area contributed by atoms with E-state index in [1.807, 2.05) is 6.07 Å². The molecule has 7 nitrogen and oxygen atoms in total. The zero-order valence-electron chi connectivity index (χ0n) is 10.8. The fourth-order valence-corrected chi connectivity index (χ4v) is 2.94. The average Bonchev–Trinajstić information content (AvgIpc) is 3.01. The van der Waals surface area contributed by atoms with Crippen LogP contribution in [-0.2, 0) is 4.74 Å². The van der Waals surface area contributed by atoms with Crippen LogP contribution in [0, 0.1) is 5.41 Å². The molecule has 0 bridgehead atoms. The van der Waals surface area contributed by atoms with Crippen molar-refractivity contribution < 1.29 is 14.6 Å². The molecule has 1 spiro atoms. The van der Waals surface area contributed by atoms with Crippen LogP contribution in [0.25, 0.3) is 5.65 Å². The van der Waals surface area contributed by atoms with Gasteiger partial charge in [-0.1, -0.05) is 0 Å². The normalized spacial score (nSPS) is 20.5. The van der Waals surface area contributed by atoms with E-state index in [1.54, 1.807) is 6.20 Å². The quantitative estimate of drug-likeness (QED) is 0.866. The lowest BCUT2D eigenvalue weighted by Gasteiger charge is -2.37. The Balaban J connectivity index is 1.70. The third-order valence-corrected chi connectivity index (χ3v) is 4.16. The van der Waals surface area contributed by atoms with Gasteiger partial charge in [0, 0.05) is 24.7 Å². The molecule has 0 amide bonds. The van der Waals surface area contributed by atoms with Crippen molar-refractivity contribution in [3.05, 3.63) is 24.0 Å². The first-order valence-electron chi connectivity index (χ1n) is 6.57. The van der Waals surface area contributed by atoms with Crippen molar-refractivity contribution in [2.75, 3.05) is 31.2 Å². The lowest BCUT2D eigenvalue weighted by molar-refractivity contribution is -0.0985. The molecule has 104 valence electrons. The van der Waals surface area contributed by atoms with Crippen LogP contribution in [0.4, 0.5) is 5.82 Å². The van der Waals surface area contributed by atoms with Crippen LogP contribution < -0.4 is 4.90 Å². The van der Waals surface area contributed by atoms with Crippen LogP contribution in [0.15, 0.2) is 18.5 Å². The minimum absolute atomic E-state index is 0.132. The van der Waals surface area contributed by atoms with Gasteiger partial charge in [-0.3, -0.25) is 0 Å². The highest BCUT2D eigenvalue weighted by molar-refractivity contribution is 5.94. The topological polar surface area (TPSA) is 80.0 Å². The van der Waals surface area contributed by atoms with E-state index in [4.69, 9.17) is 9.84 Å². The summed E-state index contributed by atoms with van der Waals surface area (Å²) in [6.07, 6.45) is 4.19. The van der Waals surface area contributed by atoms with Crippen LogP contribution >= 0.6 is 0 Å². The molecular weight excluding hydrogens is 260 g/mol. The molecule has 1 N–H and O–H groups in total. The zero-order chi connectivity index (χ0) is 13.7. The molecule has 0 aliphatic carbocycles. The monoisotopic (exact) mass is 274 g/mol. The molecule has 2 aromatic heterocycles. The molecule has 0 aromatic carbocycles. The second-order valence-corrected chi connectivity index (χ2v) is 5.58. The van der Waals surface area contributed by atoms with Gasteiger partial charge in [-0.25, -0.2) is 14.3 Å². The average molecular weight is 274 g/mol. The molecule has 20 heavy (non-hydrogen) atoms. The third-order valence-electron chi connectivity index (χ3n) is 4.16. The Morgan fingerprint density at radius 3 is 2.95 bits per heavy atom. The Kier molecular flexibility index (Phi) is 2.29. The van der Waals surface area contributed by atoms with Crippen LogP contribution in [-0.4, -0.2) is 52.0 Å². The lowest BCUT2D eigenvalue weighted by atomic mass is 9.85. The van der Waals surface area contributed by atoms with Gasteiger partial charge < -0.3 is 14.7 Å². The first-order chi connectivity index (χ1) is 9.67. The Morgan fingerprint density at radius 2 is 2.30 bits per heavy atom. The van der Waals surface area contributed by atoms with E-state index in [9.17, 15) is 4.79 Å². The van der Waals surface area contributed by atoms with E-state index in [0.717, 1.165) is 38.5 Å². The molecule has 2 saturated heterocycles. The number of aromatic nitrogens is 3. The van der Waals surface area contributed by atoms with Crippen molar-refractivity contribution in [2.24, 2.45) is 5.41 Å². The Labute approximate surface area is 114 Å². The number of aromatic carboxylic acids is 1. The van der Waals surface area contributed by atoms with Crippen LogP contribution in [0.5, 0.6) is 0 Å². The number of anilines is 1. The minimum Gasteiger partial charge on any atom is -0.477 e. The van der Waals surface area contributed by atoms with E-state index in [2.05, 4.69) is 15.0 Å².